The Morgan fingerprint density at radius 2 is 1.93 bits per heavy atom. The maximum absolute atomic E-state index is 12.4. The summed E-state index contributed by atoms with van der Waals surface area (Å²) in [6.07, 6.45) is 1.80. The molecule has 0 spiro atoms. The molecule has 0 bridgehead atoms. The number of thioether (sulfide) groups is 1. The number of ether oxygens (including phenoxy) is 3. The molecular formula is C21H20N2O4S. The van der Waals surface area contributed by atoms with Crippen molar-refractivity contribution < 1.29 is 19.0 Å². The van der Waals surface area contributed by atoms with Crippen LogP contribution in [0.15, 0.2) is 40.2 Å². The van der Waals surface area contributed by atoms with Crippen LogP contribution in [0.1, 0.15) is 16.7 Å². The molecule has 4 rings (SSSR count). The highest BCUT2D eigenvalue weighted by Crippen LogP contribution is 2.41. The van der Waals surface area contributed by atoms with E-state index < -0.39 is 0 Å². The van der Waals surface area contributed by atoms with Crippen molar-refractivity contribution in [3.8, 4) is 17.2 Å². The zero-order chi connectivity index (χ0) is 19.7. The summed E-state index contributed by atoms with van der Waals surface area (Å²) < 4.78 is 16.7. The number of aliphatic imine (C=N–C) groups is 1. The number of para-hydroxylation sites is 1. The van der Waals surface area contributed by atoms with E-state index >= 15 is 0 Å². The van der Waals surface area contributed by atoms with E-state index in [9.17, 15) is 4.79 Å². The molecular weight excluding hydrogens is 376 g/mol. The molecule has 0 saturated carbocycles. The summed E-state index contributed by atoms with van der Waals surface area (Å²) in [5.74, 6) is 1.61. The largest absolute Gasteiger partial charge is 0.493 e. The van der Waals surface area contributed by atoms with Crippen LogP contribution in [0.2, 0.25) is 0 Å². The Morgan fingerprint density at radius 3 is 2.68 bits per heavy atom. The van der Waals surface area contributed by atoms with Gasteiger partial charge in [-0.15, -0.1) is 0 Å². The van der Waals surface area contributed by atoms with Crippen LogP contribution in [-0.4, -0.2) is 31.4 Å². The van der Waals surface area contributed by atoms with E-state index in [0.717, 1.165) is 22.4 Å². The van der Waals surface area contributed by atoms with Gasteiger partial charge in [-0.25, -0.2) is 4.99 Å². The van der Waals surface area contributed by atoms with Crippen molar-refractivity contribution in [3.05, 3.63) is 51.9 Å². The molecule has 1 fully saturated rings. The summed E-state index contributed by atoms with van der Waals surface area (Å²) in [7, 11) is 1.58. The predicted molar refractivity (Wildman–Crippen MR) is 111 cm³/mol. The fourth-order valence-electron chi connectivity index (χ4n) is 3.09. The average molecular weight is 396 g/mol. The van der Waals surface area contributed by atoms with Gasteiger partial charge in [0.2, 0.25) is 5.75 Å². The number of nitrogens with zero attached hydrogens (tertiary/aromatic N) is 1. The van der Waals surface area contributed by atoms with Crippen molar-refractivity contribution in [1.82, 2.24) is 5.32 Å². The summed E-state index contributed by atoms with van der Waals surface area (Å²) in [6.45, 7) is 4.98. The zero-order valence-electron chi connectivity index (χ0n) is 15.9. The van der Waals surface area contributed by atoms with Gasteiger partial charge >= 0.3 is 0 Å². The molecule has 144 valence electrons. The van der Waals surface area contributed by atoms with Crippen molar-refractivity contribution in [2.45, 2.75) is 13.8 Å². The lowest BCUT2D eigenvalue weighted by atomic mass is 10.1. The van der Waals surface area contributed by atoms with Crippen LogP contribution in [0.3, 0.4) is 0 Å². The fourth-order valence-corrected chi connectivity index (χ4v) is 3.92. The molecule has 0 aliphatic carbocycles. The Morgan fingerprint density at radius 1 is 1.18 bits per heavy atom. The summed E-state index contributed by atoms with van der Waals surface area (Å²) in [5, 5.41) is 3.40. The van der Waals surface area contributed by atoms with Gasteiger partial charge in [0.1, 0.15) is 13.2 Å². The van der Waals surface area contributed by atoms with E-state index in [1.807, 2.05) is 44.2 Å². The van der Waals surface area contributed by atoms with Crippen LogP contribution in [0.25, 0.3) is 6.08 Å². The first-order chi connectivity index (χ1) is 13.5. The minimum absolute atomic E-state index is 0.177. The normalized spacial score (nSPS) is 18.5. The number of hydrogen-bond donors (Lipinski definition) is 1. The van der Waals surface area contributed by atoms with Crippen LogP contribution in [0.4, 0.5) is 5.69 Å². The molecule has 0 aromatic heterocycles. The number of aryl methyl sites for hydroxylation is 2. The number of amidine groups is 1. The first-order valence-corrected chi connectivity index (χ1v) is 9.70. The number of rotatable bonds is 3. The smallest absolute Gasteiger partial charge is 0.264 e. The van der Waals surface area contributed by atoms with Crippen LogP contribution in [0, 0.1) is 13.8 Å². The molecule has 0 atom stereocenters. The van der Waals surface area contributed by atoms with Crippen LogP contribution < -0.4 is 19.5 Å². The lowest BCUT2D eigenvalue weighted by Gasteiger charge is -2.21. The van der Waals surface area contributed by atoms with E-state index in [-0.39, 0.29) is 5.91 Å². The summed E-state index contributed by atoms with van der Waals surface area (Å²) >= 11 is 1.31. The highest BCUT2D eigenvalue weighted by Gasteiger charge is 2.25. The lowest BCUT2D eigenvalue weighted by molar-refractivity contribution is -0.115. The number of nitrogens with one attached hydrogen (secondary N) is 1. The van der Waals surface area contributed by atoms with Crippen molar-refractivity contribution in [1.29, 1.82) is 0 Å². The molecule has 28 heavy (non-hydrogen) atoms. The molecule has 2 aromatic carbocycles. The Bertz CT molecular complexity index is 976. The first kappa shape index (κ1) is 18.4. The second kappa shape index (κ2) is 7.59. The second-order valence-electron chi connectivity index (χ2n) is 6.47. The Hall–Kier alpha value is -2.93. The highest BCUT2D eigenvalue weighted by atomic mass is 32.2. The SMILES string of the molecule is COc1cc(/C=C2\SC(=Nc3c(C)cccc3C)NC2=O)cc2c1OCCO2. The maximum Gasteiger partial charge on any atom is 0.264 e. The summed E-state index contributed by atoms with van der Waals surface area (Å²) in [6, 6.07) is 9.68. The van der Waals surface area contributed by atoms with Crippen molar-refractivity contribution in [2.24, 2.45) is 4.99 Å². The van der Waals surface area contributed by atoms with Crippen LogP contribution in [0.5, 0.6) is 17.2 Å². The Labute approximate surface area is 167 Å². The number of methoxy groups -OCH3 is 1. The fraction of sp³-hybridized carbons (Fsp3) is 0.238. The molecule has 7 heteroatoms. The summed E-state index contributed by atoms with van der Waals surface area (Å²) in [4.78, 5) is 17.6. The van der Waals surface area contributed by atoms with Gasteiger partial charge in [0.25, 0.3) is 5.91 Å². The third-order valence-corrected chi connectivity index (χ3v) is 5.36. The quantitative estimate of drug-likeness (QED) is 0.795. The van der Waals surface area contributed by atoms with Gasteiger partial charge in [-0.1, -0.05) is 18.2 Å². The lowest BCUT2D eigenvalue weighted by Crippen LogP contribution is -2.19. The number of carbonyl (C=O) groups excluding carboxylic acids is 1. The van der Waals surface area contributed by atoms with E-state index in [4.69, 9.17) is 14.2 Å². The predicted octanol–water partition coefficient (Wildman–Crippen LogP) is 3.97. The topological polar surface area (TPSA) is 69.2 Å². The molecule has 0 radical (unpaired) electrons. The Balaban J connectivity index is 1.64. The first-order valence-electron chi connectivity index (χ1n) is 8.88. The molecule has 6 nitrogen and oxygen atoms in total. The molecule has 0 unspecified atom stereocenters. The monoisotopic (exact) mass is 396 g/mol. The van der Waals surface area contributed by atoms with Gasteiger partial charge in [0, 0.05) is 0 Å². The van der Waals surface area contributed by atoms with Crippen LogP contribution in [-0.2, 0) is 4.79 Å². The standard InChI is InChI=1S/C21H20N2O4S/c1-12-5-4-6-13(2)18(12)22-21-23-20(24)17(28-21)11-14-9-15(25-3)19-16(10-14)26-7-8-27-19/h4-6,9-11H,7-8H2,1-3H3,(H,22,23,24)/b17-11-. The highest BCUT2D eigenvalue weighted by molar-refractivity contribution is 8.18. The van der Waals surface area contributed by atoms with Crippen LogP contribution >= 0.6 is 11.8 Å². The minimum atomic E-state index is -0.177. The van der Waals surface area contributed by atoms with Gasteiger partial charge in [-0.2, -0.15) is 0 Å². The van der Waals surface area contributed by atoms with Gasteiger partial charge in [-0.3, -0.25) is 4.79 Å². The van der Waals surface area contributed by atoms with E-state index in [1.54, 1.807) is 13.2 Å². The molecule has 1 N–H and O–H groups in total. The van der Waals surface area contributed by atoms with E-state index in [1.165, 1.54) is 11.8 Å². The van der Waals surface area contributed by atoms with Gasteiger partial charge in [-0.05, 0) is 60.5 Å². The van der Waals surface area contributed by atoms with Crippen molar-refractivity contribution >= 4 is 34.6 Å². The minimum Gasteiger partial charge on any atom is -0.493 e. The maximum atomic E-state index is 12.4. The molecule has 2 aliphatic heterocycles. The average Bonchev–Trinajstić information content (AvgIpc) is 3.03. The van der Waals surface area contributed by atoms with Gasteiger partial charge in [0.05, 0.1) is 17.7 Å². The number of benzene rings is 2. The van der Waals surface area contributed by atoms with E-state index in [2.05, 4.69) is 10.3 Å². The van der Waals surface area contributed by atoms with E-state index in [0.29, 0.717) is 40.5 Å². The van der Waals surface area contributed by atoms with Gasteiger partial charge in [0.15, 0.2) is 16.7 Å². The summed E-state index contributed by atoms with van der Waals surface area (Å²) in [5.41, 5.74) is 3.81. The Kier molecular flexibility index (Phi) is 5.00. The molecule has 1 saturated heterocycles. The third kappa shape index (κ3) is 3.57. The molecule has 2 aliphatic rings. The number of fused-ring (bicyclic) bond motifs is 1. The zero-order valence-corrected chi connectivity index (χ0v) is 16.7. The molecule has 1 amide bonds. The number of hydrogen-bond acceptors (Lipinski definition) is 6. The van der Waals surface area contributed by atoms with Gasteiger partial charge < -0.3 is 19.5 Å². The molecule has 2 heterocycles. The number of carbonyl (C=O) groups is 1. The van der Waals surface area contributed by atoms with Crippen molar-refractivity contribution in [2.75, 3.05) is 20.3 Å². The second-order valence-corrected chi connectivity index (χ2v) is 7.50. The number of amides is 1. The molecule has 2 aromatic rings. The third-order valence-electron chi connectivity index (χ3n) is 4.45. The van der Waals surface area contributed by atoms with Crippen molar-refractivity contribution in [3.63, 3.8) is 0 Å².